The summed E-state index contributed by atoms with van der Waals surface area (Å²) >= 11 is 1.39. The maximum Gasteiger partial charge on any atom is 0.348 e. The molecule has 3 heteroatoms. The summed E-state index contributed by atoms with van der Waals surface area (Å²) in [6.45, 7) is 5.58. The first-order valence-corrected chi connectivity index (χ1v) is 4.37. The van der Waals surface area contributed by atoms with E-state index >= 15 is 0 Å². The third-order valence-electron chi connectivity index (χ3n) is 1.60. The van der Waals surface area contributed by atoms with Crippen LogP contribution in [0.2, 0.25) is 0 Å². The molecule has 0 bridgehead atoms. The number of hydrogen-bond donors (Lipinski definition) is 0. The molecule has 0 aromatic carbocycles. The Morgan fingerprint density at radius 1 is 1.75 bits per heavy atom. The van der Waals surface area contributed by atoms with Crippen LogP contribution in [0.5, 0.6) is 0 Å². The average Bonchev–Trinajstić information content (AvgIpc) is 2.45. The highest BCUT2D eigenvalue weighted by molar-refractivity contribution is 7.12. The van der Waals surface area contributed by atoms with Crippen LogP contribution in [-0.4, -0.2) is 13.1 Å². The fourth-order valence-corrected chi connectivity index (χ4v) is 1.93. The maximum absolute atomic E-state index is 11.1. The van der Waals surface area contributed by atoms with E-state index in [1.54, 1.807) is 6.08 Å². The second-order valence-electron chi connectivity index (χ2n) is 2.36. The first-order chi connectivity index (χ1) is 5.70. The number of ether oxygens (including phenoxy) is 1. The summed E-state index contributed by atoms with van der Waals surface area (Å²) in [5, 5.41) is 1.92. The molecule has 12 heavy (non-hydrogen) atoms. The summed E-state index contributed by atoms with van der Waals surface area (Å²) < 4.78 is 4.62. The predicted molar refractivity (Wildman–Crippen MR) is 50.5 cm³/mol. The van der Waals surface area contributed by atoms with E-state index in [0.717, 1.165) is 11.1 Å². The van der Waals surface area contributed by atoms with Crippen molar-refractivity contribution >= 4 is 23.4 Å². The van der Waals surface area contributed by atoms with E-state index in [2.05, 4.69) is 11.3 Å². The number of carbonyl (C=O) groups is 1. The van der Waals surface area contributed by atoms with Crippen molar-refractivity contribution in [2.75, 3.05) is 7.11 Å². The average molecular weight is 182 g/mol. The second kappa shape index (κ2) is 3.54. The zero-order valence-corrected chi connectivity index (χ0v) is 7.90. The molecule has 0 aliphatic rings. The molecule has 1 rings (SSSR count). The highest BCUT2D eigenvalue weighted by atomic mass is 32.1. The van der Waals surface area contributed by atoms with Crippen molar-refractivity contribution < 1.29 is 9.53 Å². The Morgan fingerprint density at radius 2 is 2.42 bits per heavy atom. The SMILES string of the molecule is C=Cc1c(C)csc1C(=O)OC. The molecule has 0 radical (unpaired) electrons. The number of carbonyl (C=O) groups excluding carboxylic acids is 1. The van der Waals surface area contributed by atoms with E-state index < -0.39 is 0 Å². The molecule has 0 atom stereocenters. The van der Waals surface area contributed by atoms with Gasteiger partial charge in [-0.2, -0.15) is 0 Å². The number of thiophene rings is 1. The van der Waals surface area contributed by atoms with E-state index in [1.807, 2.05) is 12.3 Å². The van der Waals surface area contributed by atoms with Crippen LogP contribution in [0, 0.1) is 6.92 Å². The van der Waals surface area contributed by atoms with Crippen molar-refractivity contribution in [3.8, 4) is 0 Å². The summed E-state index contributed by atoms with van der Waals surface area (Å²) in [6.07, 6.45) is 1.68. The molecular weight excluding hydrogens is 172 g/mol. The van der Waals surface area contributed by atoms with Gasteiger partial charge >= 0.3 is 5.97 Å². The van der Waals surface area contributed by atoms with E-state index in [1.165, 1.54) is 18.4 Å². The van der Waals surface area contributed by atoms with Gasteiger partial charge in [0, 0.05) is 5.56 Å². The molecular formula is C9H10O2S. The molecule has 1 aromatic rings. The molecule has 0 amide bonds. The van der Waals surface area contributed by atoms with Crippen molar-refractivity contribution in [1.29, 1.82) is 0 Å². The van der Waals surface area contributed by atoms with Gasteiger partial charge in [-0.25, -0.2) is 4.79 Å². The molecule has 64 valence electrons. The minimum absolute atomic E-state index is 0.289. The van der Waals surface area contributed by atoms with E-state index in [0.29, 0.717) is 4.88 Å². The lowest BCUT2D eigenvalue weighted by atomic mass is 10.2. The van der Waals surface area contributed by atoms with Gasteiger partial charge in [-0.05, 0) is 17.9 Å². The van der Waals surface area contributed by atoms with Crippen molar-refractivity contribution in [3.05, 3.63) is 28.0 Å². The fraction of sp³-hybridized carbons (Fsp3) is 0.222. The molecule has 2 nitrogen and oxygen atoms in total. The van der Waals surface area contributed by atoms with Gasteiger partial charge in [0.15, 0.2) is 0 Å². The van der Waals surface area contributed by atoms with Crippen LogP contribution in [0.25, 0.3) is 6.08 Å². The standard InChI is InChI=1S/C9H10O2S/c1-4-7-6(2)5-12-8(7)9(10)11-3/h4-5H,1H2,2-3H3. The molecule has 0 aliphatic heterocycles. The lowest BCUT2D eigenvalue weighted by Gasteiger charge is -1.97. The first kappa shape index (κ1) is 9.00. The van der Waals surface area contributed by atoms with Crippen LogP contribution in [-0.2, 0) is 4.74 Å². The normalized spacial score (nSPS) is 9.50. The molecule has 1 heterocycles. The molecule has 0 aliphatic carbocycles. The van der Waals surface area contributed by atoms with E-state index in [-0.39, 0.29) is 5.97 Å². The topological polar surface area (TPSA) is 26.3 Å². The zero-order chi connectivity index (χ0) is 9.14. The minimum atomic E-state index is -0.289. The number of rotatable bonds is 2. The Morgan fingerprint density at radius 3 is 2.92 bits per heavy atom. The highest BCUT2D eigenvalue weighted by Gasteiger charge is 2.13. The smallest absolute Gasteiger partial charge is 0.348 e. The Balaban J connectivity index is 3.15. The van der Waals surface area contributed by atoms with E-state index in [4.69, 9.17) is 0 Å². The van der Waals surface area contributed by atoms with Gasteiger partial charge in [-0.15, -0.1) is 11.3 Å². The van der Waals surface area contributed by atoms with Gasteiger partial charge in [-0.3, -0.25) is 0 Å². The lowest BCUT2D eigenvalue weighted by Crippen LogP contribution is -1.99. The lowest BCUT2D eigenvalue weighted by molar-refractivity contribution is 0.0606. The summed E-state index contributed by atoms with van der Waals surface area (Å²) in [5.41, 5.74) is 1.95. The Labute approximate surface area is 75.5 Å². The van der Waals surface area contributed by atoms with Gasteiger partial charge in [0.2, 0.25) is 0 Å². The molecule has 0 unspecified atom stereocenters. The summed E-state index contributed by atoms with van der Waals surface area (Å²) in [4.78, 5) is 11.8. The summed E-state index contributed by atoms with van der Waals surface area (Å²) in [5.74, 6) is -0.289. The predicted octanol–water partition coefficient (Wildman–Crippen LogP) is 2.49. The van der Waals surface area contributed by atoms with E-state index in [9.17, 15) is 4.79 Å². The van der Waals surface area contributed by atoms with Gasteiger partial charge in [0.1, 0.15) is 4.88 Å². The fourth-order valence-electron chi connectivity index (χ4n) is 0.958. The molecule has 0 spiro atoms. The number of esters is 1. The van der Waals surface area contributed by atoms with Crippen LogP contribution in [0.4, 0.5) is 0 Å². The Bertz CT molecular complexity index is 312. The molecule has 1 aromatic heterocycles. The molecule has 0 N–H and O–H groups in total. The Hall–Kier alpha value is -1.09. The number of methoxy groups -OCH3 is 1. The van der Waals surface area contributed by atoms with Crippen molar-refractivity contribution in [2.24, 2.45) is 0 Å². The summed E-state index contributed by atoms with van der Waals surface area (Å²) in [6, 6.07) is 0. The zero-order valence-electron chi connectivity index (χ0n) is 7.09. The van der Waals surface area contributed by atoms with Crippen molar-refractivity contribution in [1.82, 2.24) is 0 Å². The molecule has 0 saturated heterocycles. The van der Waals surface area contributed by atoms with Crippen LogP contribution >= 0.6 is 11.3 Å². The highest BCUT2D eigenvalue weighted by Crippen LogP contribution is 2.23. The first-order valence-electron chi connectivity index (χ1n) is 3.49. The van der Waals surface area contributed by atoms with Crippen molar-refractivity contribution in [3.63, 3.8) is 0 Å². The van der Waals surface area contributed by atoms with Crippen LogP contribution < -0.4 is 0 Å². The second-order valence-corrected chi connectivity index (χ2v) is 3.24. The summed E-state index contributed by atoms with van der Waals surface area (Å²) in [7, 11) is 1.38. The van der Waals surface area contributed by atoms with Crippen molar-refractivity contribution in [2.45, 2.75) is 6.92 Å². The van der Waals surface area contributed by atoms with Gasteiger partial charge in [0.05, 0.1) is 7.11 Å². The molecule has 0 fully saturated rings. The third-order valence-corrected chi connectivity index (χ3v) is 2.69. The monoisotopic (exact) mass is 182 g/mol. The van der Waals surface area contributed by atoms with Crippen LogP contribution in [0.1, 0.15) is 20.8 Å². The van der Waals surface area contributed by atoms with Crippen LogP contribution in [0.3, 0.4) is 0 Å². The van der Waals surface area contributed by atoms with Gasteiger partial charge < -0.3 is 4.74 Å². The minimum Gasteiger partial charge on any atom is -0.465 e. The third kappa shape index (κ3) is 1.41. The maximum atomic E-state index is 11.1. The van der Waals surface area contributed by atoms with Gasteiger partial charge in [-0.1, -0.05) is 12.7 Å². The largest absolute Gasteiger partial charge is 0.465 e. The van der Waals surface area contributed by atoms with Crippen LogP contribution in [0.15, 0.2) is 12.0 Å². The quantitative estimate of drug-likeness (QED) is 0.657. The van der Waals surface area contributed by atoms with Gasteiger partial charge in [0.25, 0.3) is 0 Å². The number of hydrogen-bond acceptors (Lipinski definition) is 3. The molecule has 0 saturated carbocycles. The number of aryl methyl sites for hydroxylation is 1. The Kier molecular flexibility index (Phi) is 2.65.